The van der Waals surface area contributed by atoms with Crippen molar-refractivity contribution in [2.45, 2.75) is 44.3 Å². The van der Waals surface area contributed by atoms with Gasteiger partial charge in [-0.2, -0.15) is 4.98 Å². The number of aryl methyl sites for hydroxylation is 2. The van der Waals surface area contributed by atoms with Crippen LogP contribution < -0.4 is 0 Å². The van der Waals surface area contributed by atoms with Gasteiger partial charge in [-0.1, -0.05) is 11.8 Å². The van der Waals surface area contributed by atoms with Crippen LogP contribution >= 0.6 is 11.8 Å². The van der Waals surface area contributed by atoms with E-state index in [-0.39, 0.29) is 5.91 Å². The number of hydrogen-bond donors (Lipinski definition) is 0. The van der Waals surface area contributed by atoms with E-state index in [2.05, 4.69) is 44.2 Å². The van der Waals surface area contributed by atoms with E-state index in [1.165, 1.54) is 11.8 Å². The molecule has 1 aliphatic heterocycles. The number of likely N-dealkylation sites (tertiary alicyclic amines) is 1. The maximum absolute atomic E-state index is 12.9. The van der Waals surface area contributed by atoms with Crippen molar-refractivity contribution >= 4 is 23.4 Å². The van der Waals surface area contributed by atoms with Crippen molar-refractivity contribution in [1.82, 2.24) is 29.0 Å². The van der Waals surface area contributed by atoms with Crippen molar-refractivity contribution < 1.29 is 4.79 Å². The molecule has 0 aromatic carbocycles. The van der Waals surface area contributed by atoms with E-state index in [9.17, 15) is 4.79 Å². The molecular weight excluding hydrogens is 360 g/mol. The van der Waals surface area contributed by atoms with Crippen LogP contribution in [0.2, 0.25) is 0 Å². The van der Waals surface area contributed by atoms with Crippen molar-refractivity contribution in [2.24, 2.45) is 0 Å². The second-order valence-electron chi connectivity index (χ2n) is 6.99. The molecule has 1 amide bonds. The lowest BCUT2D eigenvalue weighted by molar-refractivity contribution is -0.131. The number of aromatic nitrogens is 5. The predicted molar refractivity (Wildman–Crippen MR) is 105 cm³/mol. The monoisotopic (exact) mass is 384 g/mol. The molecule has 0 aliphatic carbocycles. The molecule has 0 atom stereocenters. The fourth-order valence-corrected chi connectivity index (χ4v) is 4.14. The second-order valence-corrected chi connectivity index (χ2v) is 7.76. The third-order valence-electron chi connectivity index (χ3n) is 5.41. The number of piperidine rings is 1. The van der Waals surface area contributed by atoms with Crippen molar-refractivity contribution in [2.75, 3.05) is 19.3 Å². The van der Waals surface area contributed by atoms with Gasteiger partial charge in [0.05, 0.1) is 6.42 Å². The minimum Gasteiger partial charge on any atom is -0.351 e. The van der Waals surface area contributed by atoms with Crippen LogP contribution in [0.4, 0.5) is 0 Å². The predicted octanol–water partition coefficient (Wildman–Crippen LogP) is 2.67. The van der Waals surface area contributed by atoms with Gasteiger partial charge in [-0.25, -0.2) is 9.50 Å². The second kappa shape index (κ2) is 7.34. The Balaban J connectivity index is 1.48. The summed E-state index contributed by atoms with van der Waals surface area (Å²) in [5.41, 5.74) is 2.76. The Morgan fingerprint density at radius 2 is 1.89 bits per heavy atom. The number of thioether (sulfide) groups is 1. The minimum atomic E-state index is 0.165. The molecule has 142 valence electrons. The Morgan fingerprint density at radius 3 is 2.56 bits per heavy atom. The van der Waals surface area contributed by atoms with E-state index in [0.717, 1.165) is 42.9 Å². The fourth-order valence-electron chi connectivity index (χ4n) is 3.80. The van der Waals surface area contributed by atoms with Crippen molar-refractivity contribution in [3.63, 3.8) is 0 Å². The fraction of sp³-hybridized carbons (Fsp3) is 0.474. The normalized spacial score (nSPS) is 15.6. The largest absolute Gasteiger partial charge is 0.351 e. The number of amides is 1. The molecule has 27 heavy (non-hydrogen) atoms. The van der Waals surface area contributed by atoms with Crippen LogP contribution in [0.5, 0.6) is 0 Å². The van der Waals surface area contributed by atoms with Crippen molar-refractivity contribution in [3.05, 3.63) is 41.5 Å². The molecule has 0 unspecified atom stereocenters. The highest BCUT2D eigenvalue weighted by molar-refractivity contribution is 7.98. The smallest absolute Gasteiger partial charge is 0.253 e. The standard InChI is InChI=1S/C19H24N6OS/c1-13-16(14(2)25-18(20-13)21-19(22-25)27-3)12-17(26)24-10-6-15(7-11-24)23-8-4-5-9-23/h4-5,8-9,15H,6-7,10-12H2,1-3H3. The molecule has 7 nitrogen and oxygen atoms in total. The van der Waals surface area contributed by atoms with E-state index in [0.29, 0.717) is 23.4 Å². The molecule has 4 rings (SSSR count). The third-order valence-corrected chi connectivity index (χ3v) is 5.94. The molecule has 0 radical (unpaired) electrons. The van der Waals surface area contributed by atoms with Gasteiger partial charge in [-0.05, 0) is 45.1 Å². The van der Waals surface area contributed by atoms with E-state index < -0.39 is 0 Å². The zero-order chi connectivity index (χ0) is 19.0. The topological polar surface area (TPSA) is 68.3 Å². The average molecular weight is 385 g/mol. The average Bonchev–Trinajstić information content (AvgIpc) is 3.35. The molecule has 3 aromatic rings. The highest BCUT2D eigenvalue weighted by Gasteiger charge is 2.25. The lowest BCUT2D eigenvalue weighted by atomic mass is 10.0. The number of rotatable bonds is 4. The number of hydrogen-bond acceptors (Lipinski definition) is 5. The van der Waals surface area contributed by atoms with Gasteiger partial charge >= 0.3 is 0 Å². The summed E-state index contributed by atoms with van der Waals surface area (Å²) in [7, 11) is 0. The molecule has 0 N–H and O–H groups in total. The summed E-state index contributed by atoms with van der Waals surface area (Å²) in [6.45, 7) is 5.54. The van der Waals surface area contributed by atoms with Crippen molar-refractivity contribution in [3.8, 4) is 0 Å². The Hall–Kier alpha value is -2.35. The molecule has 3 aromatic heterocycles. The third kappa shape index (κ3) is 3.45. The lowest BCUT2D eigenvalue weighted by Gasteiger charge is -2.33. The first-order valence-electron chi connectivity index (χ1n) is 9.24. The summed E-state index contributed by atoms with van der Waals surface area (Å²) < 4.78 is 4.00. The maximum atomic E-state index is 12.9. The van der Waals surface area contributed by atoms with Crippen molar-refractivity contribution in [1.29, 1.82) is 0 Å². The molecule has 0 spiro atoms. The van der Waals surface area contributed by atoms with Gasteiger partial charge in [0.2, 0.25) is 11.1 Å². The molecule has 0 bridgehead atoms. The summed E-state index contributed by atoms with van der Waals surface area (Å²) in [6, 6.07) is 4.60. The Kier molecular flexibility index (Phi) is 4.90. The van der Waals surface area contributed by atoms with Gasteiger partial charge in [0.25, 0.3) is 5.78 Å². The highest BCUT2D eigenvalue weighted by atomic mass is 32.2. The number of carbonyl (C=O) groups excluding carboxylic acids is 1. The first kappa shape index (κ1) is 18.0. The van der Waals surface area contributed by atoms with E-state index in [1.807, 2.05) is 25.0 Å². The highest BCUT2D eigenvalue weighted by Crippen LogP contribution is 2.24. The summed E-state index contributed by atoms with van der Waals surface area (Å²) in [6.07, 6.45) is 8.51. The van der Waals surface area contributed by atoms with Crippen LogP contribution in [0.25, 0.3) is 5.78 Å². The SMILES string of the molecule is CSc1nc2nc(C)c(CC(=O)N3CCC(n4cccc4)CC3)c(C)n2n1. The van der Waals surface area contributed by atoms with Crippen LogP contribution in [0.3, 0.4) is 0 Å². The number of carbonyl (C=O) groups is 1. The first-order valence-corrected chi connectivity index (χ1v) is 10.5. The number of nitrogens with zero attached hydrogens (tertiary/aromatic N) is 6. The zero-order valence-electron chi connectivity index (χ0n) is 15.9. The Morgan fingerprint density at radius 1 is 1.19 bits per heavy atom. The van der Waals surface area contributed by atoms with Crippen LogP contribution in [0.15, 0.2) is 29.7 Å². The van der Waals surface area contributed by atoms with Crippen LogP contribution in [0.1, 0.15) is 35.8 Å². The first-order chi connectivity index (χ1) is 13.1. The number of fused-ring (bicyclic) bond motifs is 1. The van der Waals surface area contributed by atoms with E-state index in [4.69, 9.17) is 0 Å². The Bertz CT molecular complexity index is 956. The molecular formula is C19H24N6OS. The van der Waals surface area contributed by atoms with Gasteiger partial charge in [0.1, 0.15) is 0 Å². The van der Waals surface area contributed by atoms with Gasteiger partial charge in [0, 0.05) is 48.5 Å². The van der Waals surface area contributed by atoms with Crippen LogP contribution in [-0.2, 0) is 11.2 Å². The maximum Gasteiger partial charge on any atom is 0.253 e. The van der Waals surface area contributed by atoms with Crippen LogP contribution in [0, 0.1) is 13.8 Å². The van der Waals surface area contributed by atoms with E-state index in [1.54, 1.807) is 4.52 Å². The minimum absolute atomic E-state index is 0.165. The molecule has 1 aliphatic rings. The van der Waals surface area contributed by atoms with Crippen LogP contribution in [-0.4, -0.2) is 54.3 Å². The molecule has 4 heterocycles. The summed E-state index contributed by atoms with van der Waals surface area (Å²) in [5.74, 6) is 0.761. The zero-order valence-corrected chi connectivity index (χ0v) is 16.7. The lowest BCUT2D eigenvalue weighted by Crippen LogP contribution is -2.40. The molecule has 1 fully saturated rings. The van der Waals surface area contributed by atoms with Gasteiger partial charge in [-0.3, -0.25) is 4.79 Å². The quantitative estimate of drug-likeness (QED) is 0.647. The molecule has 8 heteroatoms. The molecule has 0 saturated carbocycles. The summed E-state index contributed by atoms with van der Waals surface area (Å²) in [4.78, 5) is 23.8. The Labute approximate surface area is 162 Å². The van der Waals surface area contributed by atoms with Gasteiger partial charge in [-0.15, -0.1) is 5.10 Å². The van der Waals surface area contributed by atoms with E-state index >= 15 is 0 Å². The summed E-state index contributed by atoms with van der Waals surface area (Å²) in [5, 5.41) is 5.16. The van der Waals surface area contributed by atoms with Gasteiger partial charge in [0.15, 0.2) is 0 Å². The van der Waals surface area contributed by atoms with Gasteiger partial charge < -0.3 is 9.47 Å². The summed E-state index contributed by atoms with van der Waals surface area (Å²) >= 11 is 1.49. The molecule has 1 saturated heterocycles.